The number of nitrogens with zero attached hydrogens (tertiary/aromatic N) is 2. The highest BCUT2D eigenvalue weighted by Gasteiger charge is 2.32. The minimum Gasteiger partial charge on any atom is -0.305 e. The van der Waals surface area contributed by atoms with Crippen molar-refractivity contribution in [1.82, 2.24) is 9.78 Å². The highest BCUT2D eigenvalue weighted by Crippen LogP contribution is 2.32. The number of hydrogen-bond donors (Lipinski definition) is 1. The Balaban J connectivity index is 0.00000261. The first-order valence-electron chi connectivity index (χ1n) is 7.59. The lowest BCUT2D eigenvalue weighted by atomic mass is 10.1. The zero-order valence-electron chi connectivity index (χ0n) is 13.3. The third kappa shape index (κ3) is 3.90. The van der Waals surface area contributed by atoms with Crippen LogP contribution < -0.4 is 5.32 Å². The van der Waals surface area contributed by atoms with Crippen LogP contribution in [0.4, 0.5) is 23.4 Å². The van der Waals surface area contributed by atoms with Crippen LogP contribution in [0.1, 0.15) is 22.9 Å². The monoisotopic (exact) mass is 365 g/mol. The smallest absolute Gasteiger partial charge is 0.305 e. The first kappa shape index (κ1) is 17.7. The Hall–Kier alpha value is -3.16. The highest BCUT2D eigenvalue weighted by atomic mass is 19.4. The second-order valence-corrected chi connectivity index (χ2v) is 5.49. The van der Waals surface area contributed by atoms with Gasteiger partial charge in [-0.15, -0.1) is 0 Å². The maximum Gasteiger partial charge on any atom is 0.416 e. The van der Waals surface area contributed by atoms with Gasteiger partial charge in [-0.3, -0.25) is 9.48 Å². The van der Waals surface area contributed by atoms with Crippen LogP contribution in [0.25, 0.3) is 0 Å². The van der Waals surface area contributed by atoms with E-state index in [1.54, 1.807) is 0 Å². The molecule has 0 aliphatic rings. The third-order valence-corrected chi connectivity index (χ3v) is 3.66. The number of anilines is 1. The van der Waals surface area contributed by atoms with E-state index < -0.39 is 23.5 Å². The lowest BCUT2D eigenvalue weighted by Crippen LogP contribution is -2.15. The van der Waals surface area contributed by atoms with Crippen molar-refractivity contribution in [2.24, 2.45) is 0 Å². The zero-order chi connectivity index (χ0) is 18.7. The van der Waals surface area contributed by atoms with Gasteiger partial charge in [-0.05, 0) is 23.8 Å². The average molecular weight is 365 g/mol. The lowest BCUT2D eigenvalue weighted by Gasteiger charge is -2.12. The van der Waals surface area contributed by atoms with Crippen LogP contribution in [-0.2, 0) is 12.7 Å². The minimum atomic E-state index is -4.47. The van der Waals surface area contributed by atoms with Crippen molar-refractivity contribution in [1.29, 1.82) is 0 Å². The van der Waals surface area contributed by atoms with Crippen LogP contribution in [0.2, 0.25) is 0 Å². The number of rotatable bonds is 4. The molecule has 0 fully saturated rings. The fourth-order valence-electron chi connectivity index (χ4n) is 2.45. The average Bonchev–Trinajstić information content (AvgIpc) is 3.01. The van der Waals surface area contributed by atoms with E-state index in [1.165, 1.54) is 53.3 Å². The summed E-state index contributed by atoms with van der Waals surface area (Å²) in [7, 11) is 0. The molecule has 0 radical (unpaired) electrons. The molecule has 136 valence electrons. The molecule has 1 heterocycles. The molecule has 0 aliphatic heterocycles. The predicted molar refractivity (Wildman–Crippen MR) is 89.2 cm³/mol. The normalized spacial score (nSPS) is 11.4. The summed E-state index contributed by atoms with van der Waals surface area (Å²) >= 11 is 0. The molecule has 2 aromatic carbocycles. The highest BCUT2D eigenvalue weighted by molar-refractivity contribution is 6.03. The molecule has 4 nitrogen and oxygen atoms in total. The first-order valence-corrected chi connectivity index (χ1v) is 7.59. The van der Waals surface area contributed by atoms with Gasteiger partial charge in [0.25, 0.3) is 5.91 Å². The summed E-state index contributed by atoms with van der Waals surface area (Å²) in [6, 6.07) is 12.1. The zero-order valence-corrected chi connectivity index (χ0v) is 13.3. The molecule has 26 heavy (non-hydrogen) atoms. The Morgan fingerprint density at radius 3 is 2.50 bits per heavy atom. The molecule has 1 aromatic heterocycles. The number of carbonyl (C=O) groups excluding carboxylic acids is 1. The number of hydrogen-bond acceptors (Lipinski definition) is 2. The summed E-state index contributed by atoms with van der Waals surface area (Å²) in [5.74, 6) is -1.25. The van der Waals surface area contributed by atoms with Crippen LogP contribution in [-0.4, -0.2) is 15.7 Å². The lowest BCUT2D eigenvalue weighted by molar-refractivity contribution is -0.138. The molecule has 1 N–H and O–H groups in total. The van der Waals surface area contributed by atoms with Gasteiger partial charge in [-0.2, -0.15) is 18.3 Å². The number of alkyl halides is 3. The molecule has 0 aliphatic carbocycles. The van der Waals surface area contributed by atoms with Gasteiger partial charge in [0.05, 0.1) is 17.7 Å². The molecule has 0 spiro atoms. The number of halogens is 4. The van der Waals surface area contributed by atoms with Gasteiger partial charge in [0.15, 0.2) is 5.82 Å². The quantitative estimate of drug-likeness (QED) is 0.688. The van der Waals surface area contributed by atoms with E-state index in [0.717, 1.165) is 12.1 Å². The van der Waals surface area contributed by atoms with Crippen molar-refractivity contribution in [3.05, 3.63) is 83.3 Å². The van der Waals surface area contributed by atoms with E-state index in [9.17, 15) is 22.4 Å². The second-order valence-electron chi connectivity index (χ2n) is 5.49. The summed E-state index contributed by atoms with van der Waals surface area (Å²) in [5, 5.41) is 6.44. The van der Waals surface area contributed by atoms with Crippen LogP contribution >= 0.6 is 0 Å². The Labute approximate surface area is 147 Å². The fraction of sp³-hybridized carbons (Fsp3) is 0.111. The topological polar surface area (TPSA) is 46.9 Å². The maximum absolute atomic E-state index is 13.6. The van der Waals surface area contributed by atoms with E-state index in [-0.39, 0.29) is 24.9 Å². The molecule has 0 saturated carbocycles. The van der Waals surface area contributed by atoms with Gasteiger partial charge in [-0.25, -0.2) is 4.39 Å². The Bertz CT molecular complexity index is 940. The van der Waals surface area contributed by atoms with Crippen LogP contribution in [0.5, 0.6) is 0 Å². The SMILES string of the molecule is O=C(Nc1ccn(Cc2ccccc2C(F)(F)F)n1)c1ccccc1F.[HH]. The number of amides is 1. The maximum atomic E-state index is 13.6. The van der Waals surface area contributed by atoms with Gasteiger partial charge < -0.3 is 5.32 Å². The molecule has 0 bridgehead atoms. The number of carbonyl (C=O) groups is 1. The molecule has 0 unspecified atom stereocenters. The van der Waals surface area contributed by atoms with Gasteiger partial charge in [-0.1, -0.05) is 30.3 Å². The Kier molecular flexibility index (Phi) is 4.75. The van der Waals surface area contributed by atoms with Crippen molar-refractivity contribution in [3.8, 4) is 0 Å². The van der Waals surface area contributed by atoms with Crippen molar-refractivity contribution in [3.63, 3.8) is 0 Å². The first-order chi connectivity index (χ1) is 12.3. The molecular weight excluding hydrogens is 350 g/mol. The van der Waals surface area contributed by atoms with E-state index in [4.69, 9.17) is 0 Å². The number of nitrogens with one attached hydrogen (secondary N) is 1. The molecule has 1 amide bonds. The van der Waals surface area contributed by atoms with Gasteiger partial charge in [0.2, 0.25) is 0 Å². The molecular formula is C18H15F4N3O. The summed E-state index contributed by atoms with van der Waals surface area (Å²) in [6.45, 7) is -0.120. The van der Waals surface area contributed by atoms with Gasteiger partial charge >= 0.3 is 6.18 Å². The van der Waals surface area contributed by atoms with E-state index in [1.807, 2.05) is 0 Å². The largest absolute Gasteiger partial charge is 0.416 e. The van der Waals surface area contributed by atoms with E-state index in [0.29, 0.717) is 0 Å². The standard InChI is InChI=1S/C18H13F4N3O.H2/c19-15-8-4-2-6-13(15)17(26)23-16-9-10-25(24-16)11-12-5-1-3-7-14(12)18(20,21)22;/h1-10H,11H2,(H,23,24,26);1H. The molecule has 3 aromatic rings. The Morgan fingerprint density at radius 2 is 1.77 bits per heavy atom. The van der Waals surface area contributed by atoms with Crippen molar-refractivity contribution >= 4 is 11.7 Å². The summed E-state index contributed by atoms with van der Waals surface area (Å²) < 4.78 is 54.0. The second kappa shape index (κ2) is 6.99. The molecule has 0 saturated heterocycles. The van der Waals surface area contributed by atoms with Gasteiger partial charge in [0.1, 0.15) is 5.82 Å². The fourth-order valence-corrected chi connectivity index (χ4v) is 2.45. The molecule has 8 heteroatoms. The predicted octanol–water partition coefficient (Wildman–Crippen LogP) is 4.59. The molecule has 3 rings (SSSR count). The van der Waals surface area contributed by atoms with Crippen LogP contribution in [0.15, 0.2) is 60.8 Å². The van der Waals surface area contributed by atoms with Crippen LogP contribution in [0.3, 0.4) is 0 Å². The van der Waals surface area contributed by atoms with Crippen molar-refractivity contribution in [2.75, 3.05) is 5.32 Å². The molecule has 0 atom stereocenters. The van der Waals surface area contributed by atoms with E-state index >= 15 is 0 Å². The minimum absolute atomic E-state index is 0. The summed E-state index contributed by atoms with van der Waals surface area (Å²) in [5.41, 5.74) is -0.841. The number of aromatic nitrogens is 2. The summed E-state index contributed by atoms with van der Waals surface area (Å²) in [6.07, 6.45) is -3.03. The van der Waals surface area contributed by atoms with Crippen LogP contribution in [0, 0.1) is 5.82 Å². The van der Waals surface area contributed by atoms with E-state index in [2.05, 4.69) is 10.4 Å². The third-order valence-electron chi connectivity index (χ3n) is 3.66. The number of benzene rings is 2. The van der Waals surface area contributed by atoms with Crippen molar-refractivity contribution < 1.29 is 23.8 Å². The Morgan fingerprint density at radius 1 is 1.08 bits per heavy atom. The van der Waals surface area contributed by atoms with Gasteiger partial charge in [0, 0.05) is 13.7 Å². The summed E-state index contributed by atoms with van der Waals surface area (Å²) in [4.78, 5) is 12.0. The van der Waals surface area contributed by atoms with Crippen molar-refractivity contribution in [2.45, 2.75) is 12.7 Å².